The number of ether oxygens (including phenoxy) is 2. The quantitative estimate of drug-likeness (QED) is 0.672. The Morgan fingerprint density at radius 1 is 1.08 bits per heavy atom. The summed E-state index contributed by atoms with van der Waals surface area (Å²) in [7, 11) is -1.09. The number of hydrogen-bond acceptors (Lipinski definition) is 7. The lowest BCUT2D eigenvalue weighted by atomic mass is 10.3. The van der Waals surface area contributed by atoms with Gasteiger partial charge in [-0.25, -0.2) is 5.10 Å². The van der Waals surface area contributed by atoms with Crippen molar-refractivity contribution in [2.24, 2.45) is 0 Å². The summed E-state index contributed by atoms with van der Waals surface area (Å²) >= 11 is 0. The number of benzene rings is 1. The molecular formula is C16H15N3O6S. The Morgan fingerprint density at radius 2 is 1.88 bits per heavy atom. The van der Waals surface area contributed by atoms with Crippen molar-refractivity contribution in [3.63, 3.8) is 0 Å². The van der Waals surface area contributed by atoms with Crippen LogP contribution < -0.4 is 19.8 Å². The van der Waals surface area contributed by atoms with Gasteiger partial charge in [0.1, 0.15) is 17.2 Å². The molecule has 2 N–H and O–H groups in total. The maximum atomic E-state index is 12.6. The molecule has 2 heterocycles. The summed E-state index contributed by atoms with van der Waals surface area (Å²) in [4.78, 5) is 11.1. The zero-order valence-corrected chi connectivity index (χ0v) is 14.7. The van der Waals surface area contributed by atoms with Gasteiger partial charge < -0.3 is 13.9 Å². The van der Waals surface area contributed by atoms with Crippen LogP contribution in [0.2, 0.25) is 0 Å². The lowest BCUT2D eigenvalue weighted by molar-refractivity contribution is 0.395. The number of sulfonamides is 1. The Labute approximate surface area is 148 Å². The van der Waals surface area contributed by atoms with E-state index in [-0.39, 0.29) is 22.1 Å². The van der Waals surface area contributed by atoms with Crippen LogP contribution in [0.5, 0.6) is 11.5 Å². The van der Waals surface area contributed by atoms with Crippen LogP contribution in [-0.2, 0) is 10.0 Å². The average molecular weight is 377 g/mol. The molecule has 0 saturated carbocycles. The summed E-state index contributed by atoms with van der Waals surface area (Å²) in [6, 6.07) is 10.1. The number of hydrogen-bond donors (Lipinski definition) is 2. The predicted molar refractivity (Wildman–Crippen MR) is 92.9 cm³/mol. The molecule has 0 saturated heterocycles. The molecule has 3 aromatic rings. The molecule has 3 rings (SSSR count). The number of nitrogens with one attached hydrogen (secondary N) is 2. The number of aromatic amines is 1. The van der Waals surface area contributed by atoms with Gasteiger partial charge in [0.15, 0.2) is 5.76 Å². The molecule has 136 valence electrons. The van der Waals surface area contributed by atoms with Gasteiger partial charge in [-0.1, -0.05) is 0 Å². The van der Waals surface area contributed by atoms with Crippen LogP contribution in [-0.4, -0.2) is 32.8 Å². The van der Waals surface area contributed by atoms with Gasteiger partial charge in [-0.15, -0.1) is 0 Å². The fourth-order valence-electron chi connectivity index (χ4n) is 2.16. The van der Waals surface area contributed by atoms with Gasteiger partial charge in [0.25, 0.3) is 15.6 Å². The van der Waals surface area contributed by atoms with Crippen molar-refractivity contribution in [1.29, 1.82) is 0 Å². The first-order chi connectivity index (χ1) is 12.4. The predicted octanol–water partition coefficient (Wildman–Crippen LogP) is 1.85. The molecule has 0 spiro atoms. The second-order valence-electron chi connectivity index (χ2n) is 5.10. The largest absolute Gasteiger partial charge is 0.497 e. The fraction of sp³-hybridized carbons (Fsp3) is 0.125. The van der Waals surface area contributed by atoms with Crippen molar-refractivity contribution < 1.29 is 22.3 Å². The summed E-state index contributed by atoms with van der Waals surface area (Å²) in [5.74, 6) is 1.01. The smallest absolute Gasteiger partial charge is 0.295 e. The van der Waals surface area contributed by atoms with Crippen LogP contribution in [0.1, 0.15) is 0 Å². The molecule has 0 aliphatic carbocycles. The first-order valence-corrected chi connectivity index (χ1v) is 8.82. The van der Waals surface area contributed by atoms with Crippen molar-refractivity contribution in [3.8, 4) is 23.0 Å². The lowest BCUT2D eigenvalue weighted by Gasteiger charge is -2.11. The second kappa shape index (κ2) is 6.92. The van der Waals surface area contributed by atoms with E-state index in [1.165, 1.54) is 44.6 Å². The number of rotatable bonds is 6. The van der Waals surface area contributed by atoms with Crippen LogP contribution in [0.25, 0.3) is 11.5 Å². The molecule has 0 unspecified atom stereocenters. The maximum Gasteiger partial charge on any atom is 0.295 e. The van der Waals surface area contributed by atoms with Crippen LogP contribution in [0.4, 0.5) is 5.69 Å². The van der Waals surface area contributed by atoms with Crippen molar-refractivity contribution in [2.75, 3.05) is 18.9 Å². The van der Waals surface area contributed by atoms with Gasteiger partial charge in [0.2, 0.25) is 5.09 Å². The highest BCUT2D eigenvalue weighted by Gasteiger charge is 2.21. The molecule has 0 atom stereocenters. The molecule has 26 heavy (non-hydrogen) atoms. The Morgan fingerprint density at radius 3 is 2.54 bits per heavy atom. The Balaban J connectivity index is 1.90. The lowest BCUT2D eigenvalue weighted by Crippen LogP contribution is -2.13. The second-order valence-corrected chi connectivity index (χ2v) is 6.71. The normalized spacial score (nSPS) is 11.2. The molecule has 0 aliphatic rings. The topological polar surface area (TPSA) is 124 Å². The van der Waals surface area contributed by atoms with E-state index >= 15 is 0 Å². The average Bonchev–Trinajstić information content (AvgIpc) is 3.13. The van der Waals surface area contributed by atoms with Gasteiger partial charge >= 0.3 is 0 Å². The highest BCUT2D eigenvalue weighted by atomic mass is 32.2. The minimum absolute atomic E-state index is 0.198. The van der Waals surface area contributed by atoms with Gasteiger partial charge in [0.05, 0.1) is 19.9 Å². The zero-order chi connectivity index (χ0) is 18.7. The van der Waals surface area contributed by atoms with E-state index in [1.807, 2.05) is 0 Å². The third-order valence-corrected chi connectivity index (χ3v) is 4.67. The summed E-state index contributed by atoms with van der Waals surface area (Å²) < 4.78 is 43.1. The first-order valence-electron chi connectivity index (χ1n) is 7.34. The number of methoxy groups -OCH3 is 2. The van der Waals surface area contributed by atoms with Gasteiger partial charge in [-0.3, -0.25) is 9.52 Å². The van der Waals surface area contributed by atoms with Crippen molar-refractivity contribution in [2.45, 2.75) is 5.09 Å². The number of anilines is 1. The number of nitrogens with zero attached hydrogens (tertiary/aromatic N) is 1. The third kappa shape index (κ3) is 3.54. The van der Waals surface area contributed by atoms with Crippen molar-refractivity contribution >= 4 is 15.7 Å². The zero-order valence-electron chi connectivity index (χ0n) is 13.8. The highest BCUT2D eigenvalue weighted by Crippen LogP contribution is 2.31. The van der Waals surface area contributed by atoms with Gasteiger partial charge in [0, 0.05) is 12.1 Å². The van der Waals surface area contributed by atoms with Crippen LogP contribution in [0.3, 0.4) is 0 Å². The Hall–Kier alpha value is -3.27. The summed E-state index contributed by atoms with van der Waals surface area (Å²) in [5, 5.41) is 5.74. The molecule has 10 heteroatoms. The molecule has 0 fully saturated rings. The van der Waals surface area contributed by atoms with E-state index in [1.54, 1.807) is 12.1 Å². The SMILES string of the molecule is COc1ccc(NS(=O)(=O)c2ccc(-c3ccc(=O)[nH]n3)o2)c(OC)c1. The summed E-state index contributed by atoms with van der Waals surface area (Å²) in [6.45, 7) is 0. The van der Waals surface area contributed by atoms with Crippen LogP contribution >= 0.6 is 0 Å². The van der Waals surface area contributed by atoms with Gasteiger partial charge in [-0.2, -0.15) is 13.5 Å². The van der Waals surface area contributed by atoms with E-state index < -0.39 is 10.0 Å². The monoisotopic (exact) mass is 377 g/mol. The van der Waals surface area contributed by atoms with Crippen LogP contribution in [0, 0.1) is 0 Å². The van der Waals surface area contributed by atoms with Crippen molar-refractivity contribution in [1.82, 2.24) is 10.2 Å². The molecule has 0 aliphatic heterocycles. The van der Waals surface area contributed by atoms with E-state index in [9.17, 15) is 13.2 Å². The molecule has 2 aromatic heterocycles. The minimum Gasteiger partial charge on any atom is -0.497 e. The molecule has 0 bridgehead atoms. The van der Waals surface area contributed by atoms with E-state index in [2.05, 4.69) is 14.9 Å². The molecule has 0 radical (unpaired) electrons. The third-order valence-electron chi connectivity index (χ3n) is 3.43. The van der Waals surface area contributed by atoms with E-state index in [4.69, 9.17) is 13.9 Å². The summed E-state index contributed by atoms with van der Waals surface area (Å²) in [5.41, 5.74) is 0.155. The van der Waals surface area contributed by atoms with E-state index in [0.29, 0.717) is 17.2 Å². The van der Waals surface area contributed by atoms with Crippen molar-refractivity contribution in [3.05, 3.63) is 52.8 Å². The maximum absolute atomic E-state index is 12.6. The fourth-order valence-corrected chi connectivity index (χ4v) is 3.17. The number of furan rings is 1. The van der Waals surface area contributed by atoms with Gasteiger partial charge in [-0.05, 0) is 30.3 Å². The molecule has 1 aromatic carbocycles. The Bertz CT molecular complexity index is 1070. The number of aromatic nitrogens is 2. The molecule has 9 nitrogen and oxygen atoms in total. The number of H-pyrrole nitrogens is 1. The van der Waals surface area contributed by atoms with E-state index in [0.717, 1.165) is 0 Å². The molecule has 0 amide bonds. The standard InChI is InChI=1S/C16H15N3O6S/c1-23-10-3-4-12(14(9-10)24-2)19-26(21,22)16-8-6-13(25-16)11-5-7-15(20)18-17-11/h3-9,19H,1-2H3,(H,18,20). The summed E-state index contributed by atoms with van der Waals surface area (Å²) in [6.07, 6.45) is 0. The molecular weight excluding hydrogens is 362 g/mol. The van der Waals surface area contributed by atoms with Crippen LogP contribution in [0.15, 0.2) is 56.8 Å². The first kappa shape index (κ1) is 17.5. The Kier molecular flexibility index (Phi) is 4.67. The highest BCUT2D eigenvalue weighted by molar-refractivity contribution is 7.92. The minimum atomic E-state index is -4.00.